The van der Waals surface area contributed by atoms with E-state index in [1.165, 1.54) is 25.2 Å². The van der Waals surface area contributed by atoms with Crippen molar-refractivity contribution in [1.82, 2.24) is 0 Å². The normalized spacial score (nSPS) is 17.4. The molecule has 0 spiro atoms. The molecule has 0 saturated carbocycles. The number of benzene rings is 3. The Hall–Kier alpha value is -4.26. The largest absolute Gasteiger partial charge is 0.507 e. The molecule has 1 aliphatic rings. The van der Waals surface area contributed by atoms with Gasteiger partial charge in [-0.15, -0.1) is 0 Å². The number of aliphatic hydroxyl groups is 1. The minimum absolute atomic E-state index is 0.0754. The molecule has 1 fully saturated rings. The second kappa shape index (κ2) is 8.47. The van der Waals surface area contributed by atoms with Crippen LogP contribution in [0.4, 0.5) is 5.69 Å². The van der Waals surface area contributed by atoms with Crippen LogP contribution in [0.15, 0.2) is 78.4 Å². The number of ketones is 1. The van der Waals surface area contributed by atoms with E-state index in [2.05, 4.69) is 0 Å². The van der Waals surface area contributed by atoms with Crippen LogP contribution in [0.5, 0.6) is 17.2 Å². The van der Waals surface area contributed by atoms with Crippen molar-refractivity contribution in [3.8, 4) is 17.2 Å². The van der Waals surface area contributed by atoms with Crippen LogP contribution in [0.1, 0.15) is 17.2 Å². The number of hydrogen-bond acceptors (Lipinski definition) is 6. The van der Waals surface area contributed by atoms with Crippen LogP contribution in [-0.2, 0) is 9.59 Å². The molecule has 3 aromatic carbocycles. The third kappa shape index (κ3) is 3.54. The molecule has 1 atom stereocenters. The number of para-hydroxylation sites is 2. The molecular weight excluding hydrogens is 410 g/mol. The summed E-state index contributed by atoms with van der Waals surface area (Å²) in [5.74, 6) is -0.974. The number of phenols is 1. The fourth-order valence-corrected chi connectivity index (χ4v) is 3.75. The first-order valence-electron chi connectivity index (χ1n) is 9.83. The second-order valence-electron chi connectivity index (χ2n) is 7.16. The van der Waals surface area contributed by atoms with Crippen LogP contribution in [0.25, 0.3) is 5.76 Å². The number of Topliss-reactive ketones (excluding diaryl/α,β-unsaturated/α-hetero) is 1. The molecule has 32 heavy (non-hydrogen) atoms. The molecule has 4 rings (SSSR count). The van der Waals surface area contributed by atoms with Crippen LogP contribution in [-0.4, -0.2) is 36.1 Å². The van der Waals surface area contributed by atoms with Crippen molar-refractivity contribution in [2.24, 2.45) is 0 Å². The van der Waals surface area contributed by atoms with Gasteiger partial charge in [0.2, 0.25) is 0 Å². The zero-order chi connectivity index (χ0) is 22.8. The molecule has 7 nitrogen and oxygen atoms in total. The van der Waals surface area contributed by atoms with Crippen LogP contribution >= 0.6 is 0 Å². The number of amides is 1. The SMILES string of the molecule is COc1ccc(/C(O)=C2\C(=O)C(=O)N(c3ccccc3O)C2c2ccc(OC)cc2)cc1. The number of rotatable bonds is 5. The molecule has 0 aromatic heterocycles. The number of phenolic OH excluding ortho intramolecular Hbond substituents is 1. The van der Waals surface area contributed by atoms with Gasteiger partial charge in [-0.1, -0.05) is 24.3 Å². The lowest BCUT2D eigenvalue weighted by atomic mass is 9.95. The number of methoxy groups -OCH3 is 2. The highest BCUT2D eigenvalue weighted by Gasteiger charge is 2.47. The highest BCUT2D eigenvalue weighted by atomic mass is 16.5. The van der Waals surface area contributed by atoms with Crippen molar-refractivity contribution in [3.05, 3.63) is 89.5 Å². The predicted octanol–water partition coefficient (Wildman–Crippen LogP) is 4.04. The molecule has 7 heteroatoms. The summed E-state index contributed by atoms with van der Waals surface area (Å²) in [4.78, 5) is 27.4. The molecule has 1 heterocycles. The van der Waals surface area contributed by atoms with Gasteiger partial charge in [-0.2, -0.15) is 0 Å². The van der Waals surface area contributed by atoms with E-state index >= 15 is 0 Å². The first kappa shape index (κ1) is 21.0. The van der Waals surface area contributed by atoms with Crippen molar-refractivity contribution in [2.45, 2.75) is 6.04 Å². The molecule has 0 aliphatic carbocycles. The minimum Gasteiger partial charge on any atom is -0.507 e. The molecule has 1 saturated heterocycles. The van der Waals surface area contributed by atoms with Gasteiger partial charge in [0.1, 0.15) is 23.0 Å². The molecule has 0 bridgehead atoms. The number of hydrogen-bond donors (Lipinski definition) is 2. The Morgan fingerprint density at radius 2 is 1.41 bits per heavy atom. The van der Waals surface area contributed by atoms with Gasteiger partial charge >= 0.3 is 0 Å². The van der Waals surface area contributed by atoms with E-state index in [0.29, 0.717) is 22.6 Å². The maximum Gasteiger partial charge on any atom is 0.300 e. The number of nitrogens with zero attached hydrogens (tertiary/aromatic N) is 1. The van der Waals surface area contributed by atoms with Gasteiger partial charge in [0.25, 0.3) is 11.7 Å². The van der Waals surface area contributed by atoms with Crippen molar-refractivity contribution in [1.29, 1.82) is 0 Å². The molecule has 1 aliphatic heterocycles. The van der Waals surface area contributed by atoms with E-state index in [1.54, 1.807) is 66.7 Å². The fourth-order valence-electron chi connectivity index (χ4n) is 3.75. The van der Waals surface area contributed by atoms with Crippen LogP contribution in [0.2, 0.25) is 0 Å². The number of aliphatic hydroxyl groups excluding tert-OH is 1. The van der Waals surface area contributed by atoms with Crippen molar-refractivity contribution in [2.75, 3.05) is 19.1 Å². The highest BCUT2D eigenvalue weighted by molar-refractivity contribution is 6.51. The Morgan fingerprint density at radius 3 is 1.97 bits per heavy atom. The topological polar surface area (TPSA) is 96.3 Å². The quantitative estimate of drug-likeness (QED) is 0.360. The average Bonchev–Trinajstić information content (AvgIpc) is 3.09. The van der Waals surface area contributed by atoms with E-state index in [4.69, 9.17) is 9.47 Å². The van der Waals surface area contributed by atoms with E-state index < -0.39 is 17.7 Å². The van der Waals surface area contributed by atoms with Gasteiger partial charge in [0.05, 0.1) is 31.5 Å². The monoisotopic (exact) mass is 431 g/mol. The number of ether oxygens (including phenoxy) is 2. The van der Waals surface area contributed by atoms with Gasteiger partial charge in [0.15, 0.2) is 0 Å². The van der Waals surface area contributed by atoms with Gasteiger partial charge in [-0.3, -0.25) is 14.5 Å². The summed E-state index contributed by atoms with van der Waals surface area (Å²) < 4.78 is 10.4. The van der Waals surface area contributed by atoms with E-state index in [1.807, 2.05) is 0 Å². The lowest BCUT2D eigenvalue weighted by molar-refractivity contribution is -0.132. The smallest absolute Gasteiger partial charge is 0.300 e. The summed E-state index contributed by atoms with van der Waals surface area (Å²) in [6.07, 6.45) is 0. The fraction of sp³-hybridized carbons (Fsp3) is 0.120. The number of carbonyl (C=O) groups is 2. The zero-order valence-corrected chi connectivity index (χ0v) is 17.5. The van der Waals surface area contributed by atoms with Gasteiger partial charge in [-0.05, 0) is 54.1 Å². The minimum atomic E-state index is -0.948. The number of aromatic hydroxyl groups is 1. The van der Waals surface area contributed by atoms with Crippen LogP contribution < -0.4 is 14.4 Å². The lowest BCUT2D eigenvalue weighted by Gasteiger charge is -2.26. The summed E-state index contributed by atoms with van der Waals surface area (Å²) in [6.45, 7) is 0. The van der Waals surface area contributed by atoms with E-state index in [9.17, 15) is 19.8 Å². The molecule has 1 unspecified atom stereocenters. The van der Waals surface area contributed by atoms with E-state index in [-0.39, 0.29) is 22.8 Å². The molecule has 1 amide bonds. The Kier molecular flexibility index (Phi) is 5.55. The maximum atomic E-state index is 13.1. The van der Waals surface area contributed by atoms with Gasteiger partial charge < -0.3 is 19.7 Å². The standard InChI is InChI=1S/C25H21NO6/c1-31-17-11-7-15(8-12-17)22-21(23(28)16-9-13-18(32-2)14-10-16)24(29)25(30)26(22)19-5-3-4-6-20(19)27/h3-14,22,27-28H,1-2H3/b23-21+. The zero-order valence-electron chi connectivity index (χ0n) is 17.5. The predicted molar refractivity (Wildman–Crippen MR) is 119 cm³/mol. The summed E-state index contributed by atoms with van der Waals surface area (Å²) in [7, 11) is 3.06. The highest BCUT2D eigenvalue weighted by Crippen LogP contribution is 2.44. The van der Waals surface area contributed by atoms with Crippen molar-refractivity contribution in [3.63, 3.8) is 0 Å². The van der Waals surface area contributed by atoms with Crippen LogP contribution in [0, 0.1) is 0 Å². The summed E-state index contributed by atoms with van der Waals surface area (Å²) >= 11 is 0. The maximum absolute atomic E-state index is 13.1. The third-order valence-corrected chi connectivity index (χ3v) is 5.38. The lowest BCUT2D eigenvalue weighted by Crippen LogP contribution is -2.29. The number of anilines is 1. The average molecular weight is 431 g/mol. The van der Waals surface area contributed by atoms with E-state index in [0.717, 1.165) is 0 Å². The molecule has 3 aromatic rings. The Balaban J connectivity index is 1.93. The molecule has 162 valence electrons. The van der Waals surface area contributed by atoms with Crippen molar-refractivity contribution < 1.29 is 29.3 Å². The summed E-state index contributed by atoms with van der Waals surface area (Å²) in [5, 5.41) is 21.5. The first-order chi connectivity index (χ1) is 15.5. The third-order valence-electron chi connectivity index (χ3n) is 5.38. The van der Waals surface area contributed by atoms with Gasteiger partial charge in [-0.25, -0.2) is 0 Å². The molecule has 0 radical (unpaired) electrons. The first-order valence-corrected chi connectivity index (χ1v) is 9.83. The Morgan fingerprint density at radius 1 is 0.844 bits per heavy atom. The van der Waals surface area contributed by atoms with Gasteiger partial charge in [0, 0.05) is 5.56 Å². The second-order valence-corrected chi connectivity index (χ2v) is 7.16. The Labute approximate surface area is 184 Å². The summed E-state index contributed by atoms with van der Waals surface area (Å²) in [5.41, 5.74) is 1.03. The molecule has 2 N–H and O–H groups in total. The summed E-state index contributed by atoms with van der Waals surface area (Å²) in [6, 6.07) is 18.6. The van der Waals surface area contributed by atoms with Crippen LogP contribution in [0.3, 0.4) is 0 Å². The molecular formula is C25H21NO6. The number of carbonyl (C=O) groups excluding carboxylic acids is 2. The van der Waals surface area contributed by atoms with Crippen molar-refractivity contribution >= 4 is 23.1 Å². The Bertz CT molecular complexity index is 1200.